The van der Waals surface area contributed by atoms with Gasteiger partial charge in [0.1, 0.15) is 0 Å². The van der Waals surface area contributed by atoms with Crippen molar-refractivity contribution in [3.63, 3.8) is 0 Å². The van der Waals surface area contributed by atoms with Crippen molar-refractivity contribution >= 4 is 39.6 Å². The number of hydrogen-bond acceptors (Lipinski definition) is 0. The van der Waals surface area contributed by atoms with Gasteiger partial charge in [-0.05, 0) is 22.1 Å². The van der Waals surface area contributed by atoms with Crippen molar-refractivity contribution in [3.05, 3.63) is 84.9 Å². The van der Waals surface area contributed by atoms with Crippen LogP contribution in [0.1, 0.15) is 0 Å². The fourth-order valence-corrected chi connectivity index (χ4v) is 5.25. The van der Waals surface area contributed by atoms with Crippen molar-refractivity contribution in [1.82, 2.24) is 4.48 Å². The maximum absolute atomic E-state index is 2.60. The van der Waals surface area contributed by atoms with Crippen LogP contribution in [-0.4, -0.2) is 11.3 Å². The molecule has 5 aromatic rings. The Morgan fingerprint density at radius 1 is 0.462 bits per heavy atom. The molecule has 0 saturated heterocycles. The van der Waals surface area contributed by atoms with Crippen LogP contribution in [0.5, 0.6) is 0 Å². The minimum atomic E-state index is 0.257. The van der Waals surface area contributed by atoms with Crippen LogP contribution in [-0.2, 0) is 0 Å². The highest BCUT2D eigenvalue weighted by Crippen LogP contribution is 2.43. The topological polar surface area (TPSA) is 4.93 Å². The summed E-state index contributed by atoms with van der Waals surface area (Å²) in [6.45, 7) is 0.257. The largest absolute Gasteiger partial charge is 0.375 e. The molecule has 2 aliphatic rings. The molecule has 0 aliphatic carbocycles. The molecule has 0 atom stereocenters. The Labute approximate surface area is 151 Å². The molecule has 0 N–H and O–H groups in total. The Kier molecular flexibility index (Phi) is 2.14. The third-order valence-corrected chi connectivity index (χ3v) is 6.19. The standard InChI is InChI=1S/C24H14BN/c1-3-13-21-15(7-1)17-9-5-11-19-20-12-6-10-18-16-8-2-4-14-22(16)25(21)26(23(17)19)24(18)20/h1-14H. The highest BCUT2D eigenvalue weighted by molar-refractivity contribution is 6.88. The molecular formula is C24H14BN. The minimum absolute atomic E-state index is 0.257. The molecule has 0 saturated carbocycles. The molecule has 0 bridgehead atoms. The van der Waals surface area contributed by atoms with Gasteiger partial charge in [-0.1, -0.05) is 84.9 Å². The second-order valence-electron chi connectivity index (χ2n) is 7.35. The molecule has 118 valence electrons. The number of hydrogen-bond donors (Lipinski definition) is 0. The summed E-state index contributed by atoms with van der Waals surface area (Å²) in [4.78, 5) is 0. The molecule has 26 heavy (non-hydrogen) atoms. The van der Waals surface area contributed by atoms with Crippen LogP contribution < -0.4 is 10.9 Å². The second kappa shape index (κ2) is 4.28. The lowest BCUT2D eigenvalue weighted by molar-refractivity contribution is 1.31. The summed E-state index contributed by atoms with van der Waals surface area (Å²) >= 11 is 0. The number of nitrogens with zero attached hydrogens (tertiary/aromatic N) is 1. The summed E-state index contributed by atoms with van der Waals surface area (Å²) in [6, 6.07) is 31.4. The predicted octanol–water partition coefficient (Wildman–Crippen LogP) is 4.41. The zero-order valence-electron chi connectivity index (χ0n) is 14.1. The zero-order valence-corrected chi connectivity index (χ0v) is 14.1. The average Bonchev–Trinajstić information content (AvgIpc) is 3.05. The van der Waals surface area contributed by atoms with E-state index >= 15 is 0 Å². The van der Waals surface area contributed by atoms with Crippen molar-refractivity contribution in [1.29, 1.82) is 0 Å². The van der Waals surface area contributed by atoms with Gasteiger partial charge in [0.2, 0.25) is 0 Å². The molecule has 0 radical (unpaired) electrons. The van der Waals surface area contributed by atoms with Gasteiger partial charge >= 0.3 is 6.85 Å². The molecular weight excluding hydrogens is 313 g/mol. The van der Waals surface area contributed by atoms with Crippen molar-refractivity contribution in [3.8, 4) is 22.3 Å². The zero-order chi connectivity index (χ0) is 16.8. The van der Waals surface area contributed by atoms with Gasteiger partial charge in [-0.25, -0.2) is 0 Å². The Morgan fingerprint density at radius 3 is 1.46 bits per heavy atom. The number of para-hydroxylation sites is 2. The quantitative estimate of drug-likeness (QED) is 0.364. The van der Waals surface area contributed by atoms with E-state index in [1.54, 1.807) is 0 Å². The van der Waals surface area contributed by atoms with E-state index in [1.165, 1.54) is 55.0 Å². The van der Waals surface area contributed by atoms with Crippen LogP contribution in [0.3, 0.4) is 0 Å². The van der Waals surface area contributed by atoms with Crippen molar-refractivity contribution in [2.24, 2.45) is 0 Å². The van der Waals surface area contributed by atoms with Crippen LogP contribution in [0.2, 0.25) is 0 Å². The first kappa shape index (κ1) is 13.0. The summed E-state index contributed by atoms with van der Waals surface area (Å²) < 4.78 is 2.60. The lowest BCUT2D eigenvalue weighted by Gasteiger charge is -2.32. The monoisotopic (exact) mass is 327 g/mol. The van der Waals surface area contributed by atoms with Gasteiger partial charge in [-0.3, -0.25) is 0 Å². The summed E-state index contributed by atoms with van der Waals surface area (Å²) in [5, 5.41) is 2.73. The van der Waals surface area contributed by atoms with E-state index in [9.17, 15) is 0 Å². The fraction of sp³-hybridized carbons (Fsp3) is 0. The fourth-order valence-electron chi connectivity index (χ4n) is 5.25. The summed E-state index contributed by atoms with van der Waals surface area (Å²) in [5.74, 6) is 0. The molecule has 4 aromatic carbocycles. The highest BCUT2D eigenvalue weighted by atomic mass is 14.9. The van der Waals surface area contributed by atoms with Crippen LogP contribution in [0.25, 0.3) is 44.1 Å². The van der Waals surface area contributed by atoms with Gasteiger partial charge in [-0.15, -0.1) is 0 Å². The highest BCUT2D eigenvalue weighted by Gasteiger charge is 2.38. The van der Waals surface area contributed by atoms with E-state index in [-0.39, 0.29) is 6.85 Å². The normalized spacial score (nSPS) is 13.3. The van der Waals surface area contributed by atoms with E-state index in [1.807, 2.05) is 0 Å². The van der Waals surface area contributed by atoms with Gasteiger partial charge in [0.25, 0.3) is 0 Å². The lowest BCUT2D eigenvalue weighted by atomic mass is 9.45. The number of aromatic nitrogens is 1. The molecule has 2 aliphatic heterocycles. The van der Waals surface area contributed by atoms with Crippen molar-refractivity contribution < 1.29 is 0 Å². The van der Waals surface area contributed by atoms with Gasteiger partial charge in [0.05, 0.1) is 0 Å². The van der Waals surface area contributed by atoms with Crippen molar-refractivity contribution in [2.75, 3.05) is 0 Å². The molecule has 1 nitrogen and oxygen atoms in total. The predicted molar refractivity (Wildman–Crippen MR) is 111 cm³/mol. The summed E-state index contributed by atoms with van der Waals surface area (Å²) in [5.41, 5.74) is 11.0. The molecule has 0 spiro atoms. The molecule has 1 aromatic heterocycles. The lowest BCUT2D eigenvalue weighted by Crippen LogP contribution is -2.53. The average molecular weight is 327 g/mol. The molecule has 0 unspecified atom stereocenters. The smallest absolute Gasteiger partial charge is 0.329 e. The first-order valence-electron chi connectivity index (χ1n) is 9.18. The number of benzene rings is 4. The Balaban J connectivity index is 1.86. The van der Waals surface area contributed by atoms with Crippen LogP contribution in [0.15, 0.2) is 84.9 Å². The summed E-state index contributed by atoms with van der Waals surface area (Å²) in [6.07, 6.45) is 0. The van der Waals surface area contributed by atoms with E-state index in [0.29, 0.717) is 0 Å². The minimum Gasteiger partial charge on any atom is -0.375 e. The molecule has 3 heterocycles. The maximum Gasteiger partial charge on any atom is 0.329 e. The third-order valence-electron chi connectivity index (χ3n) is 6.19. The first-order chi connectivity index (χ1) is 12.9. The van der Waals surface area contributed by atoms with Gasteiger partial charge in [0.15, 0.2) is 0 Å². The third kappa shape index (κ3) is 1.30. The van der Waals surface area contributed by atoms with Crippen molar-refractivity contribution in [2.45, 2.75) is 0 Å². The van der Waals surface area contributed by atoms with E-state index in [0.717, 1.165) is 0 Å². The van der Waals surface area contributed by atoms with E-state index < -0.39 is 0 Å². The van der Waals surface area contributed by atoms with E-state index in [2.05, 4.69) is 89.4 Å². The van der Waals surface area contributed by atoms with Gasteiger partial charge in [-0.2, -0.15) is 0 Å². The van der Waals surface area contributed by atoms with E-state index in [4.69, 9.17) is 0 Å². The SMILES string of the molecule is c1ccc2c(c1)B1c3ccccc3-c3cccc4c5cccc-2c5n1c34. The second-order valence-corrected chi connectivity index (χ2v) is 7.35. The van der Waals surface area contributed by atoms with Crippen LogP contribution in [0, 0.1) is 0 Å². The Bertz CT molecular complexity index is 1290. The van der Waals surface area contributed by atoms with Gasteiger partial charge in [0, 0.05) is 32.9 Å². The van der Waals surface area contributed by atoms with Gasteiger partial charge < -0.3 is 4.48 Å². The van der Waals surface area contributed by atoms with Crippen LogP contribution >= 0.6 is 0 Å². The number of rotatable bonds is 0. The molecule has 2 heteroatoms. The van der Waals surface area contributed by atoms with Crippen LogP contribution in [0.4, 0.5) is 0 Å². The maximum atomic E-state index is 2.60. The number of fused-ring (bicyclic) bond motifs is 7. The Morgan fingerprint density at radius 2 is 0.923 bits per heavy atom. The molecule has 0 amide bonds. The molecule has 0 fully saturated rings. The Hall–Kier alpha value is -3.26. The first-order valence-corrected chi connectivity index (χ1v) is 9.18. The summed E-state index contributed by atoms with van der Waals surface area (Å²) in [7, 11) is 0. The molecule has 7 rings (SSSR count).